The molecule has 0 spiro atoms. The molecule has 1 aromatic carbocycles. The number of hydrogen-bond acceptors (Lipinski definition) is 6. The van der Waals surface area contributed by atoms with E-state index in [1.54, 1.807) is 31.2 Å². The molecular formula is C18H15ClN2O5. The van der Waals surface area contributed by atoms with Crippen molar-refractivity contribution in [3.05, 3.63) is 64.2 Å². The van der Waals surface area contributed by atoms with Gasteiger partial charge in [0.1, 0.15) is 17.1 Å². The second kappa shape index (κ2) is 7.45. The first-order valence-electron chi connectivity index (χ1n) is 7.66. The van der Waals surface area contributed by atoms with E-state index in [2.05, 4.69) is 15.2 Å². The largest absolute Gasteiger partial charge is 0.465 e. The number of halogens is 1. The van der Waals surface area contributed by atoms with E-state index < -0.39 is 11.9 Å². The van der Waals surface area contributed by atoms with Gasteiger partial charge in [-0.1, -0.05) is 16.8 Å². The molecular weight excluding hydrogens is 360 g/mol. The lowest BCUT2D eigenvalue weighted by atomic mass is 10.1. The van der Waals surface area contributed by atoms with Crippen LogP contribution in [0.5, 0.6) is 0 Å². The molecule has 0 aliphatic heterocycles. The lowest BCUT2D eigenvalue weighted by Gasteiger charge is -1.99. The van der Waals surface area contributed by atoms with E-state index in [-0.39, 0.29) is 12.2 Å². The van der Waals surface area contributed by atoms with Crippen LogP contribution in [0.2, 0.25) is 5.02 Å². The van der Waals surface area contributed by atoms with Gasteiger partial charge in [-0.05, 0) is 37.3 Å². The van der Waals surface area contributed by atoms with Gasteiger partial charge in [-0.2, -0.15) is 0 Å². The smallest absolute Gasteiger partial charge is 0.341 e. The summed E-state index contributed by atoms with van der Waals surface area (Å²) < 4.78 is 15.3. The fraction of sp³-hybridized carbons (Fsp3) is 0.167. The molecule has 0 unspecified atom stereocenters. The summed E-state index contributed by atoms with van der Waals surface area (Å²) in [5.74, 6) is 0.384. The Morgan fingerprint density at radius 1 is 1.23 bits per heavy atom. The van der Waals surface area contributed by atoms with Crippen molar-refractivity contribution >= 4 is 23.5 Å². The molecule has 134 valence electrons. The van der Waals surface area contributed by atoms with Crippen molar-refractivity contribution in [1.29, 1.82) is 0 Å². The maximum atomic E-state index is 12.2. The van der Waals surface area contributed by atoms with Crippen molar-refractivity contribution in [2.24, 2.45) is 0 Å². The van der Waals surface area contributed by atoms with E-state index in [0.29, 0.717) is 27.9 Å². The summed E-state index contributed by atoms with van der Waals surface area (Å²) in [5, 5.41) is 7.03. The van der Waals surface area contributed by atoms with Gasteiger partial charge in [0.15, 0.2) is 11.5 Å². The number of esters is 1. The molecule has 26 heavy (non-hydrogen) atoms. The molecule has 0 radical (unpaired) electrons. The van der Waals surface area contributed by atoms with Crippen LogP contribution in [-0.2, 0) is 11.3 Å². The SMILES string of the molecule is COC(=O)c1cc(CNC(=O)c2cc(-c3ccc(Cl)cc3)on2)oc1C. The highest BCUT2D eigenvalue weighted by molar-refractivity contribution is 6.30. The molecule has 0 bridgehead atoms. The van der Waals surface area contributed by atoms with Gasteiger partial charge in [-0.3, -0.25) is 4.79 Å². The maximum absolute atomic E-state index is 12.2. The molecule has 1 N–H and O–H groups in total. The van der Waals surface area contributed by atoms with Crippen LogP contribution in [0.4, 0.5) is 0 Å². The highest BCUT2D eigenvalue weighted by Gasteiger charge is 2.17. The van der Waals surface area contributed by atoms with Gasteiger partial charge >= 0.3 is 5.97 Å². The average molecular weight is 375 g/mol. The average Bonchev–Trinajstić information content (AvgIpc) is 3.27. The quantitative estimate of drug-likeness (QED) is 0.685. The number of nitrogens with zero attached hydrogens (tertiary/aromatic N) is 1. The maximum Gasteiger partial charge on any atom is 0.341 e. The Labute approximate surface area is 153 Å². The van der Waals surface area contributed by atoms with E-state index in [0.717, 1.165) is 5.56 Å². The summed E-state index contributed by atoms with van der Waals surface area (Å²) in [6.07, 6.45) is 0. The number of nitrogens with one attached hydrogen (secondary N) is 1. The first-order chi connectivity index (χ1) is 12.5. The Morgan fingerprint density at radius 3 is 2.65 bits per heavy atom. The van der Waals surface area contributed by atoms with Crippen molar-refractivity contribution in [3.8, 4) is 11.3 Å². The minimum atomic E-state index is -0.493. The number of benzene rings is 1. The first kappa shape index (κ1) is 17.8. The van der Waals surface area contributed by atoms with Crippen LogP contribution < -0.4 is 5.32 Å². The third-order valence-electron chi connectivity index (χ3n) is 3.67. The van der Waals surface area contributed by atoms with Crippen LogP contribution in [0.3, 0.4) is 0 Å². The molecule has 0 saturated heterocycles. The van der Waals surface area contributed by atoms with Crippen molar-refractivity contribution in [1.82, 2.24) is 10.5 Å². The van der Waals surface area contributed by atoms with Crippen LogP contribution >= 0.6 is 11.6 Å². The fourth-order valence-corrected chi connectivity index (χ4v) is 2.46. The van der Waals surface area contributed by atoms with Crippen molar-refractivity contribution in [2.75, 3.05) is 7.11 Å². The van der Waals surface area contributed by atoms with Crippen LogP contribution in [0.1, 0.15) is 32.4 Å². The summed E-state index contributed by atoms with van der Waals surface area (Å²) >= 11 is 5.85. The highest BCUT2D eigenvalue weighted by atomic mass is 35.5. The Kier molecular flexibility index (Phi) is 5.09. The summed E-state index contributed by atoms with van der Waals surface area (Å²) in [4.78, 5) is 23.8. The number of amides is 1. The van der Waals surface area contributed by atoms with Gasteiger partial charge in [-0.25, -0.2) is 4.79 Å². The summed E-state index contributed by atoms with van der Waals surface area (Å²) in [7, 11) is 1.29. The molecule has 0 saturated carbocycles. The number of rotatable bonds is 5. The standard InChI is InChI=1S/C18H15ClN2O5/c1-10-14(18(23)24-2)7-13(25-10)9-20-17(22)15-8-16(26-21-15)11-3-5-12(19)6-4-11/h3-8H,9H2,1-2H3,(H,20,22). The van der Waals surface area contributed by atoms with Gasteiger partial charge in [-0.15, -0.1) is 0 Å². The minimum Gasteiger partial charge on any atom is -0.465 e. The lowest BCUT2D eigenvalue weighted by molar-refractivity contribution is 0.0598. The second-order valence-corrected chi connectivity index (χ2v) is 5.88. The molecule has 0 aliphatic rings. The highest BCUT2D eigenvalue weighted by Crippen LogP contribution is 2.22. The predicted molar refractivity (Wildman–Crippen MR) is 92.9 cm³/mol. The zero-order valence-corrected chi connectivity index (χ0v) is 14.8. The van der Waals surface area contributed by atoms with Gasteiger partial charge in [0.25, 0.3) is 5.91 Å². The number of aryl methyl sites for hydroxylation is 1. The second-order valence-electron chi connectivity index (χ2n) is 5.44. The summed E-state index contributed by atoms with van der Waals surface area (Å²) in [6, 6.07) is 10.0. The third-order valence-corrected chi connectivity index (χ3v) is 3.92. The summed E-state index contributed by atoms with van der Waals surface area (Å²) in [5.41, 5.74) is 1.21. The number of hydrogen-bond donors (Lipinski definition) is 1. The van der Waals surface area contributed by atoms with Crippen LogP contribution in [-0.4, -0.2) is 24.1 Å². The van der Waals surface area contributed by atoms with Gasteiger partial charge in [0.05, 0.1) is 13.7 Å². The van der Waals surface area contributed by atoms with Crippen LogP contribution in [0.15, 0.2) is 45.3 Å². The summed E-state index contributed by atoms with van der Waals surface area (Å²) in [6.45, 7) is 1.74. The van der Waals surface area contributed by atoms with Crippen molar-refractivity contribution in [3.63, 3.8) is 0 Å². The normalized spacial score (nSPS) is 10.6. The number of aromatic nitrogens is 1. The molecule has 1 amide bonds. The van der Waals surface area contributed by atoms with Crippen molar-refractivity contribution < 1.29 is 23.3 Å². The number of methoxy groups -OCH3 is 1. The zero-order valence-electron chi connectivity index (χ0n) is 14.0. The Hall–Kier alpha value is -3.06. The predicted octanol–water partition coefficient (Wildman–Crippen LogP) is 3.61. The number of furan rings is 1. The Balaban J connectivity index is 1.66. The molecule has 3 rings (SSSR count). The zero-order chi connectivity index (χ0) is 18.7. The molecule has 0 fully saturated rings. The first-order valence-corrected chi connectivity index (χ1v) is 8.04. The van der Waals surface area contributed by atoms with Crippen LogP contribution in [0.25, 0.3) is 11.3 Å². The Morgan fingerprint density at radius 2 is 1.96 bits per heavy atom. The van der Waals surface area contributed by atoms with E-state index in [1.807, 2.05) is 0 Å². The van der Waals surface area contributed by atoms with E-state index in [4.69, 9.17) is 20.5 Å². The van der Waals surface area contributed by atoms with Crippen LogP contribution in [0, 0.1) is 6.92 Å². The number of ether oxygens (including phenoxy) is 1. The van der Waals surface area contributed by atoms with E-state index in [1.165, 1.54) is 19.2 Å². The van der Waals surface area contributed by atoms with Crippen molar-refractivity contribution in [2.45, 2.75) is 13.5 Å². The molecule has 3 aromatic rings. The third kappa shape index (κ3) is 3.78. The number of carbonyl (C=O) groups is 2. The lowest BCUT2D eigenvalue weighted by Crippen LogP contribution is -2.22. The van der Waals surface area contributed by atoms with E-state index in [9.17, 15) is 9.59 Å². The molecule has 0 aliphatic carbocycles. The van der Waals surface area contributed by atoms with E-state index >= 15 is 0 Å². The monoisotopic (exact) mass is 374 g/mol. The molecule has 7 nitrogen and oxygen atoms in total. The van der Waals surface area contributed by atoms with Gasteiger partial charge < -0.3 is 19.0 Å². The van der Waals surface area contributed by atoms with Gasteiger partial charge in [0.2, 0.25) is 0 Å². The molecule has 8 heteroatoms. The molecule has 0 atom stereocenters. The number of carbonyl (C=O) groups excluding carboxylic acids is 2. The minimum absolute atomic E-state index is 0.0970. The fourth-order valence-electron chi connectivity index (χ4n) is 2.33. The topological polar surface area (TPSA) is 94.6 Å². The molecule has 2 heterocycles. The molecule has 2 aromatic heterocycles. The van der Waals surface area contributed by atoms with Gasteiger partial charge in [0, 0.05) is 16.7 Å². The Bertz CT molecular complexity index is 943.